The minimum absolute atomic E-state index is 0.0682. The summed E-state index contributed by atoms with van der Waals surface area (Å²) in [5, 5.41) is 13.0. The van der Waals surface area contributed by atoms with Crippen LogP contribution in [0.2, 0.25) is 0 Å². The molecular weight excluding hydrogens is 621 g/mol. The third-order valence-electron chi connectivity index (χ3n) is 10.1. The summed E-state index contributed by atoms with van der Waals surface area (Å²) in [6.07, 6.45) is 3.23. The Kier molecular flexibility index (Phi) is 9.27. The third kappa shape index (κ3) is 6.41. The highest BCUT2D eigenvalue weighted by Gasteiger charge is 2.54. The summed E-state index contributed by atoms with van der Waals surface area (Å²) >= 11 is 0. The molecule has 1 heterocycles. The van der Waals surface area contributed by atoms with Crippen LogP contribution in [0.25, 0.3) is 0 Å². The van der Waals surface area contributed by atoms with E-state index in [2.05, 4.69) is 11.4 Å². The molecule has 10 nitrogen and oxygen atoms in total. The smallest absolute Gasteiger partial charge is 0.253 e. The van der Waals surface area contributed by atoms with E-state index in [1.54, 1.807) is 57.4 Å². The molecule has 0 radical (unpaired) electrons. The number of aryl methyl sites for hydroxylation is 2. The Morgan fingerprint density at radius 2 is 1.51 bits per heavy atom. The van der Waals surface area contributed by atoms with E-state index in [0.717, 1.165) is 35.1 Å². The standard InChI is InChI=1S/C38H42FN7O3/c1-44(2)35(48)25-7-13-31-23(17-25)5-6-24-18-26(36(49)45(3)4)8-14-32(24)38(31,37(41)43-29-11-9-28(39)10-12-29)15-16-42-22-34(47)46-30(21-40)19-27-20-33(27)46/h7-14,17-18,27,30,33,42H,5-6,15-16,19-20,22H2,1-4H3,(H2,41,43)/t27-,30?,33+/m1/s1. The van der Waals surface area contributed by atoms with Gasteiger partial charge in [0.2, 0.25) is 5.91 Å². The average Bonchev–Trinajstić information content (AvgIpc) is 3.78. The number of amidine groups is 1. The van der Waals surface area contributed by atoms with Crippen LogP contribution in [0.15, 0.2) is 65.7 Å². The molecule has 3 aromatic carbocycles. The zero-order valence-corrected chi connectivity index (χ0v) is 28.4. The Hall–Kier alpha value is -5.08. The zero-order valence-electron chi connectivity index (χ0n) is 28.4. The maximum absolute atomic E-state index is 13.9. The van der Waals surface area contributed by atoms with Crippen LogP contribution in [-0.2, 0) is 23.1 Å². The number of nitrogens with two attached hydrogens (primary N) is 1. The van der Waals surface area contributed by atoms with E-state index in [9.17, 15) is 24.0 Å². The van der Waals surface area contributed by atoms with Gasteiger partial charge in [-0.2, -0.15) is 5.26 Å². The fraction of sp³-hybridized carbons (Fsp3) is 0.395. The van der Waals surface area contributed by atoms with Gasteiger partial charge in [0.25, 0.3) is 11.8 Å². The van der Waals surface area contributed by atoms with Crippen LogP contribution in [0.3, 0.4) is 0 Å². The lowest BCUT2D eigenvalue weighted by Gasteiger charge is -2.37. The second-order valence-electron chi connectivity index (χ2n) is 13.7. The van der Waals surface area contributed by atoms with Crippen molar-refractivity contribution in [3.8, 4) is 6.07 Å². The van der Waals surface area contributed by atoms with Crippen molar-refractivity contribution < 1.29 is 18.8 Å². The molecule has 254 valence electrons. The van der Waals surface area contributed by atoms with Gasteiger partial charge < -0.3 is 25.8 Å². The first-order valence-corrected chi connectivity index (χ1v) is 16.7. The number of nitrogens with zero attached hydrogens (tertiary/aromatic N) is 5. The third-order valence-corrected chi connectivity index (χ3v) is 10.1. The largest absolute Gasteiger partial charge is 0.386 e. The molecule has 2 aliphatic carbocycles. The van der Waals surface area contributed by atoms with Crippen LogP contribution in [-0.4, -0.2) is 91.6 Å². The fourth-order valence-corrected chi connectivity index (χ4v) is 7.55. The Labute approximate surface area is 286 Å². The summed E-state index contributed by atoms with van der Waals surface area (Å²) in [6, 6.07) is 19.1. The molecule has 1 saturated carbocycles. The van der Waals surface area contributed by atoms with Crippen LogP contribution in [0.4, 0.5) is 10.1 Å². The Morgan fingerprint density at radius 1 is 0.939 bits per heavy atom. The first-order chi connectivity index (χ1) is 23.4. The number of benzene rings is 3. The van der Waals surface area contributed by atoms with Crippen LogP contribution in [0.1, 0.15) is 62.2 Å². The maximum Gasteiger partial charge on any atom is 0.253 e. The number of nitrogens with one attached hydrogen (secondary N) is 1. The minimum atomic E-state index is -1.05. The molecule has 1 unspecified atom stereocenters. The van der Waals surface area contributed by atoms with E-state index in [-0.39, 0.29) is 42.2 Å². The van der Waals surface area contributed by atoms with Crippen molar-refractivity contribution >= 4 is 29.2 Å². The molecule has 2 fully saturated rings. The molecule has 0 bridgehead atoms. The SMILES string of the molecule is CN(C)C(=O)c1ccc2c(c1)CCc1cc(C(=O)N(C)C)ccc1C2(CCNCC(=O)N1C(C#N)C[C@@H]2C[C@@H]21)C(N)=Nc1ccc(F)cc1. The lowest BCUT2D eigenvalue weighted by Crippen LogP contribution is -2.47. The number of hydrogen-bond acceptors (Lipinski definition) is 6. The van der Waals surface area contributed by atoms with E-state index >= 15 is 0 Å². The van der Waals surface area contributed by atoms with Gasteiger partial charge in [0.15, 0.2) is 0 Å². The minimum Gasteiger partial charge on any atom is -0.386 e. The lowest BCUT2D eigenvalue weighted by molar-refractivity contribution is -0.131. The Morgan fingerprint density at radius 3 is 2.04 bits per heavy atom. The summed E-state index contributed by atoms with van der Waals surface area (Å²) in [7, 11) is 6.84. The highest BCUT2D eigenvalue weighted by Crippen LogP contribution is 2.48. The normalized spacial score (nSPS) is 20.3. The van der Waals surface area contributed by atoms with Crippen molar-refractivity contribution in [2.75, 3.05) is 41.3 Å². The number of rotatable bonds is 9. The number of nitriles is 1. The lowest BCUT2D eigenvalue weighted by atomic mass is 9.68. The molecule has 3 aromatic rings. The predicted molar refractivity (Wildman–Crippen MR) is 185 cm³/mol. The summed E-state index contributed by atoms with van der Waals surface area (Å²) in [5.41, 5.74) is 11.2. The molecule has 49 heavy (non-hydrogen) atoms. The van der Waals surface area contributed by atoms with Gasteiger partial charge in [0, 0.05) is 45.4 Å². The second kappa shape index (κ2) is 13.4. The first-order valence-electron chi connectivity index (χ1n) is 16.7. The molecule has 3 aliphatic rings. The fourth-order valence-electron chi connectivity index (χ4n) is 7.55. The van der Waals surface area contributed by atoms with Gasteiger partial charge in [-0.05, 0) is 115 Å². The second-order valence-corrected chi connectivity index (χ2v) is 13.7. The zero-order chi connectivity index (χ0) is 35.0. The number of carbonyl (C=O) groups is 3. The van der Waals surface area contributed by atoms with Crippen molar-refractivity contribution in [3.63, 3.8) is 0 Å². The molecule has 1 aliphatic heterocycles. The molecule has 0 spiro atoms. The van der Waals surface area contributed by atoms with E-state index < -0.39 is 11.2 Å². The molecule has 6 rings (SSSR count). The number of likely N-dealkylation sites (tertiary alicyclic amines) is 1. The quantitative estimate of drug-likeness (QED) is 0.203. The van der Waals surface area contributed by atoms with Gasteiger partial charge in [0.1, 0.15) is 17.7 Å². The van der Waals surface area contributed by atoms with Crippen molar-refractivity contribution in [3.05, 3.63) is 99.9 Å². The maximum atomic E-state index is 13.9. The van der Waals surface area contributed by atoms with Crippen molar-refractivity contribution in [1.29, 1.82) is 5.26 Å². The van der Waals surface area contributed by atoms with Gasteiger partial charge >= 0.3 is 0 Å². The van der Waals surface area contributed by atoms with E-state index in [0.29, 0.717) is 48.5 Å². The van der Waals surface area contributed by atoms with Crippen LogP contribution >= 0.6 is 0 Å². The monoisotopic (exact) mass is 663 g/mol. The molecular formula is C38H42FN7O3. The Bertz CT molecular complexity index is 1790. The highest BCUT2D eigenvalue weighted by molar-refractivity contribution is 6.00. The van der Waals surface area contributed by atoms with E-state index in [4.69, 9.17) is 10.7 Å². The number of fused-ring (bicyclic) bond motifs is 3. The van der Waals surface area contributed by atoms with Crippen molar-refractivity contribution in [1.82, 2.24) is 20.0 Å². The number of piperidine rings is 1. The molecule has 11 heteroatoms. The molecule has 3 N–H and O–H groups in total. The van der Waals surface area contributed by atoms with Crippen molar-refractivity contribution in [2.45, 2.75) is 49.6 Å². The van der Waals surface area contributed by atoms with Crippen LogP contribution in [0, 0.1) is 23.1 Å². The van der Waals surface area contributed by atoms with Gasteiger partial charge in [-0.1, -0.05) is 12.1 Å². The predicted octanol–water partition coefficient (Wildman–Crippen LogP) is 3.80. The van der Waals surface area contributed by atoms with E-state index in [1.165, 1.54) is 21.9 Å². The van der Waals surface area contributed by atoms with Gasteiger partial charge in [0.05, 0.1) is 23.7 Å². The number of hydrogen-bond donors (Lipinski definition) is 2. The van der Waals surface area contributed by atoms with Crippen LogP contribution < -0.4 is 11.1 Å². The van der Waals surface area contributed by atoms with Crippen LogP contribution in [0.5, 0.6) is 0 Å². The summed E-state index contributed by atoms with van der Waals surface area (Å²) in [4.78, 5) is 49.1. The number of aliphatic imine (C=N–C) groups is 1. The van der Waals surface area contributed by atoms with E-state index in [1.807, 2.05) is 24.3 Å². The first kappa shape index (κ1) is 33.8. The van der Waals surface area contributed by atoms with Crippen molar-refractivity contribution in [2.24, 2.45) is 16.6 Å². The molecule has 3 atom stereocenters. The van der Waals surface area contributed by atoms with Gasteiger partial charge in [-0.3, -0.25) is 14.4 Å². The summed E-state index contributed by atoms with van der Waals surface area (Å²) < 4.78 is 13.9. The summed E-state index contributed by atoms with van der Waals surface area (Å²) in [5.74, 6) is -0.0578. The van der Waals surface area contributed by atoms with Gasteiger partial charge in [-0.25, -0.2) is 9.38 Å². The molecule has 3 amide bonds. The number of carbonyl (C=O) groups excluding carboxylic acids is 3. The highest BCUT2D eigenvalue weighted by atomic mass is 19.1. The van der Waals surface area contributed by atoms with Gasteiger partial charge in [-0.15, -0.1) is 0 Å². The molecule has 1 saturated heterocycles. The topological polar surface area (TPSA) is 135 Å². The Balaban J connectivity index is 1.45. The number of halogens is 1. The molecule has 0 aromatic heterocycles. The number of amides is 3. The average molecular weight is 664 g/mol. The summed E-state index contributed by atoms with van der Waals surface area (Å²) in [6.45, 7) is 0.429.